The Hall–Kier alpha value is -5.14. The summed E-state index contributed by atoms with van der Waals surface area (Å²) in [5.41, 5.74) is 8.19. The summed E-state index contributed by atoms with van der Waals surface area (Å²) in [6.07, 6.45) is 2.68. The van der Waals surface area contributed by atoms with Crippen LogP contribution in [0.2, 0.25) is 5.02 Å². The summed E-state index contributed by atoms with van der Waals surface area (Å²) in [7, 11) is 3.74. The van der Waals surface area contributed by atoms with Crippen LogP contribution in [-0.4, -0.2) is 69.6 Å². The van der Waals surface area contributed by atoms with Gasteiger partial charge in [-0.2, -0.15) is 5.26 Å². The number of rotatable bonds is 9. The molecule has 4 heterocycles. The number of fused-ring (bicyclic) bond motifs is 1. The maximum Gasteiger partial charge on any atom is 0.264 e. The van der Waals surface area contributed by atoms with Crippen molar-refractivity contribution in [3.05, 3.63) is 129 Å². The zero-order valence-corrected chi connectivity index (χ0v) is 31.6. The van der Waals surface area contributed by atoms with Crippen LogP contribution in [0.5, 0.6) is 0 Å². The van der Waals surface area contributed by atoms with Gasteiger partial charge in [-0.25, -0.2) is 0 Å². The molecule has 272 valence electrons. The molecule has 2 amide bonds. The normalized spacial score (nSPS) is 15.9. The molecular weight excluding hydrogens is 684 g/mol. The molecule has 0 saturated carbocycles. The number of hydrogen-bond donors (Lipinski definition) is 0. The van der Waals surface area contributed by atoms with Crippen LogP contribution >= 0.6 is 11.6 Å². The average molecular weight is 729 g/mol. The highest BCUT2D eigenvalue weighted by atomic mass is 35.5. The molecular formula is C43H45ClN6O3. The van der Waals surface area contributed by atoms with Gasteiger partial charge in [0.25, 0.3) is 11.8 Å². The summed E-state index contributed by atoms with van der Waals surface area (Å²) in [6, 6.07) is 29.2. The number of morpholine rings is 1. The Bertz CT molecular complexity index is 2190. The molecule has 53 heavy (non-hydrogen) atoms. The Morgan fingerprint density at radius 3 is 2.32 bits per heavy atom. The van der Waals surface area contributed by atoms with E-state index in [0.29, 0.717) is 51.0 Å². The molecule has 0 unspecified atom stereocenters. The summed E-state index contributed by atoms with van der Waals surface area (Å²) in [5.74, 6) is -0.291. The molecule has 5 aromatic rings. The van der Waals surface area contributed by atoms with E-state index in [1.807, 2.05) is 92.0 Å². The Balaban J connectivity index is 1.25. The van der Waals surface area contributed by atoms with Gasteiger partial charge in [-0.3, -0.25) is 19.4 Å². The number of aromatic nitrogens is 2. The van der Waals surface area contributed by atoms with Crippen molar-refractivity contribution in [3.8, 4) is 17.3 Å². The number of carbonyl (C=O) groups is 2. The second kappa shape index (κ2) is 15.5. The standard InChI is InChI=1S/C43H45ClN6O3/c1-29-38(43(52)50(34-13-6-5-7-14-34)40-25-36(27-45)46(3)30(40)2)26-41(47(29)4)39-24-33(44)16-17-37(39)42(51)49-28-32-12-9-8-11-31(32)23-35(49)15-10-18-48-19-21-53-22-20-48/h5-9,11-14,16-17,24-26,35H,10,15,18-23,28H2,1-4H3/t35-/m1/s1. The van der Waals surface area contributed by atoms with Crippen LogP contribution in [0.25, 0.3) is 11.3 Å². The molecule has 0 bridgehead atoms. The minimum Gasteiger partial charge on any atom is -0.379 e. The molecule has 3 aromatic carbocycles. The third-order valence-corrected chi connectivity index (χ3v) is 11.3. The zero-order valence-electron chi connectivity index (χ0n) is 30.8. The highest BCUT2D eigenvalue weighted by molar-refractivity contribution is 6.31. The first-order valence-corrected chi connectivity index (χ1v) is 18.6. The van der Waals surface area contributed by atoms with E-state index in [-0.39, 0.29) is 17.9 Å². The molecule has 7 rings (SSSR count). The van der Waals surface area contributed by atoms with Gasteiger partial charge in [-0.1, -0.05) is 54.1 Å². The topological polar surface area (TPSA) is 86.7 Å². The second-order valence-electron chi connectivity index (χ2n) is 14.1. The number of halogens is 1. The van der Waals surface area contributed by atoms with Gasteiger partial charge in [-0.15, -0.1) is 0 Å². The largest absolute Gasteiger partial charge is 0.379 e. The number of anilines is 2. The van der Waals surface area contributed by atoms with Gasteiger partial charge in [-0.05, 0) is 93.2 Å². The predicted molar refractivity (Wildman–Crippen MR) is 209 cm³/mol. The van der Waals surface area contributed by atoms with Gasteiger partial charge in [0, 0.05) is 78.7 Å². The fraction of sp³-hybridized carbons (Fsp3) is 0.326. The maximum atomic E-state index is 14.8. The van der Waals surface area contributed by atoms with Crippen LogP contribution in [0.4, 0.5) is 11.4 Å². The SMILES string of the molecule is Cc1c(N(C(=O)c2cc(-c3cc(Cl)ccc3C(=O)N3Cc4ccccc4C[C@H]3CCCN3CCOCC3)n(C)c2C)c2ccccc2)cc(C#N)n1C. The van der Waals surface area contributed by atoms with Crippen molar-refractivity contribution >= 4 is 34.8 Å². The minimum absolute atomic E-state index is 0.0427. The molecule has 9 nitrogen and oxygen atoms in total. The summed E-state index contributed by atoms with van der Waals surface area (Å²) in [6.45, 7) is 8.76. The molecule has 1 saturated heterocycles. The highest BCUT2D eigenvalue weighted by Gasteiger charge is 2.33. The van der Waals surface area contributed by atoms with Crippen molar-refractivity contribution in [2.75, 3.05) is 37.7 Å². The lowest BCUT2D eigenvalue weighted by molar-refractivity contribution is 0.0353. The predicted octanol–water partition coefficient (Wildman–Crippen LogP) is 7.83. The van der Waals surface area contributed by atoms with Crippen molar-refractivity contribution in [2.24, 2.45) is 14.1 Å². The summed E-state index contributed by atoms with van der Waals surface area (Å²) < 4.78 is 9.30. The van der Waals surface area contributed by atoms with E-state index >= 15 is 0 Å². The lowest BCUT2D eigenvalue weighted by atomic mass is 9.90. The van der Waals surface area contributed by atoms with Crippen LogP contribution in [0.1, 0.15) is 61.8 Å². The highest BCUT2D eigenvalue weighted by Crippen LogP contribution is 2.37. The van der Waals surface area contributed by atoms with Gasteiger partial charge in [0.1, 0.15) is 11.8 Å². The summed E-state index contributed by atoms with van der Waals surface area (Å²) in [5, 5.41) is 10.3. The lowest BCUT2D eigenvalue weighted by Gasteiger charge is -2.38. The molecule has 0 spiro atoms. The fourth-order valence-corrected chi connectivity index (χ4v) is 7.95. The molecule has 0 radical (unpaired) electrons. The van der Waals surface area contributed by atoms with E-state index in [0.717, 1.165) is 63.5 Å². The molecule has 1 atom stereocenters. The van der Waals surface area contributed by atoms with Crippen LogP contribution in [0.3, 0.4) is 0 Å². The quantitative estimate of drug-likeness (QED) is 0.155. The lowest BCUT2D eigenvalue weighted by Crippen LogP contribution is -2.45. The van der Waals surface area contributed by atoms with Crippen molar-refractivity contribution in [3.63, 3.8) is 0 Å². The fourth-order valence-electron chi connectivity index (χ4n) is 7.78. The van der Waals surface area contributed by atoms with E-state index in [9.17, 15) is 14.9 Å². The van der Waals surface area contributed by atoms with Crippen LogP contribution in [0.15, 0.2) is 84.9 Å². The Kier molecular flexibility index (Phi) is 10.6. The number of ether oxygens (including phenoxy) is 1. The molecule has 0 aliphatic carbocycles. The van der Waals surface area contributed by atoms with E-state index in [1.54, 1.807) is 21.6 Å². The number of benzene rings is 3. The van der Waals surface area contributed by atoms with E-state index < -0.39 is 0 Å². The van der Waals surface area contributed by atoms with Crippen LogP contribution in [0, 0.1) is 25.2 Å². The number of nitrogens with zero attached hydrogens (tertiary/aromatic N) is 6. The van der Waals surface area contributed by atoms with Gasteiger partial charge < -0.3 is 18.8 Å². The Morgan fingerprint density at radius 2 is 1.60 bits per heavy atom. The van der Waals surface area contributed by atoms with E-state index in [2.05, 4.69) is 29.2 Å². The molecule has 10 heteroatoms. The molecule has 2 aliphatic heterocycles. The van der Waals surface area contributed by atoms with Crippen molar-refractivity contribution < 1.29 is 14.3 Å². The van der Waals surface area contributed by atoms with E-state index in [4.69, 9.17) is 16.3 Å². The third kappa shape index (κ3) is 7.15. The van der Waals surface area contributed by atoms with Gasteiger partial charge >= 0.3 is 0 Å². The number of carbonyl (C=O) groups excluding carboxylic acids is 2. The Labute approximate surface area is 316 Å². The van der Waals surface area contributed by atoms with Gasteiger partial charge in [0.2, 0.25) is 0 Å². The first kappa shape index (κ1) is 36.2. The number of para-hydroxylation sites is 1. The van der Waals surface area contributed by atoms with Crippen LogP contribution < -0.4 is 4.90 Å². The van der Waals surface area contributed by atoms with E-state index in [1.165, 1.54) is 11.1 Å². The number of nitriles is 1. The first-order chi connectivity index (χ1) is 25.7. The van der Waals surface area contributed by atoms with Crippen molar-refractivity contribution in [1.29, 1.82) is 5.26 Å². The molecule has 0 N–H and O–H groups in total. The van der Waals surface area contributed by atoms with Crippen molar-refractivity contribution in [2.45, 2.75) is 45.7 Å². The van der Waals surface area contributed by atoms with Gasteiger partial charge in [0.15, 0.2) is 0 Å². The molecule has 2 aliphatic rings. The zero-order chi connectivity index (χ0) is 37.2. The number of amides is 2. The maximum absolute atomic E-state index is 14.8. The smallest absolute Gasteiger partial charge is 0.264 e. The third-order valence-electron chi connectivity index (χ3n) is 11.1. The monoisotopic (exact) mass is 728 g/mol. The average Bonchev–Trinajstić information content (AvgIpc) is 3.64. The minimum atomic E-state index is -0.239. The summed E-state index contributed by atoms with van der Waals surface area (Å²) in [4.78, 5) is 35.7. The first-order valence-electron chi connectivity index (χ1n) is 18.3. The Morgan fingerprint density at radius 1 is 0.887 bits per heavy atom. The molecule has 2 aromatic heterocycles. The number of hydrogen-bond acceptors (Lipinski definition) is 5. The molecule has 1 fully saturated rings. The van der Waals surface area contributed by atoms with Crippen molar-refractivity contribution in [1.82, 2.24) is 18.9 Å². The van der Waals surface area contributed by atoms with Gasteiger partial charge in [0.05, 0.1) is 24.5 Å². The second-order valence-corrected chi connectivity index (χ2v) is 14.5. The summed E-state index contributed by atoms with van der Waals surface area (Å²) >= 11 is 6.66. The van der Waals surface area contributed by atoms with Crippen LogP contribution in [-0.2, 0) is 31.8 Å².